The first kappa shape index (κ1) is 13.2. The van der Waals surface area contributed by atoms with Crippen molar-refractivity contribution >= 4 is 16.8 Å². The van der Waals surface area contributed by atoms with Crippen LogP contribution in [0.3, 0.4) is 0 Å². The average molecular weight is 308 g/mol. The Hall–Kier alpha value is -2.23. The van der Waals surface area contributed by atoms with Gasteiger partial charge in [0.2, 0.25) is 0 Å². The SMILES string of the molecule is O=C1C2=C(O)CCCC2C[C@@H]2c3[nH]c4ccccc4c3CCN12. The molecule has 0 saturated carbocycles. The molecule has 0 spiro atoms. The van der Waals surface area contributed by atoms with Crippen LogP contribution in [0.2, 0.25) is 0 Å². The molecule has 3 aliphatic rings. The highest BCUT2D eigenvalue weighted by molar-refractivity contribution is 5.96. The fraction of sp³-hybridized carbons (Fsp3) is 0.421. The smallest absolute Gasteiger partial charge is 0.254 e. The maximum absolute atomic E-state index is 12.9. The van der Waals surface area contributed by atoms with Crippen LogP contribution in [0.25, 0.3) is 10.9 Å². The van der Waals surface area contributed by atoms with E-state index in [-0.39, 0.29) is 17.9 Å². The van der Waals surface area contributed by atoms with E-state index in [1.54, 1.807) is 0 Å². The number of rotatable bonds is 0. The normalized spacial score (nSPS) is 27.0. The van der Waals surface area contributed by atoms with Gasteiger partial charge in [-0.1, -0.05) is 18.2 Å². The Morgan fingerprint density at radius 3 is 3.00 bits per heavy atom. The van der Waals surface area contributed by atoms with Crippen LogP contribution in [-0.2, 0) is 11.2 Å². The predicted octanol–water partition coefficient (Wildman–Crippen LogP) is 3.61. The zero-order valence-corrected chi connectivity index (χ0v) is 13.0. The highest BCUT2D eigenvalue weighted by Crippen LogP contribution is 2.46. The van der Waals surface area contributed by atoms with Crippen molar-refractivity contribution < 1.29 is 9.90 Å². The number of carbonyl (C=O) groups is 1. The summed E-state index contributed by atoms with van der Waals surface area (Å²) < 4.78 is 0. The third-order valence-corrected chi connectivity index (χ3v) is 5.84. The molecule has 1 fully saturated rings. The van der Waals surface area contributed by atoms with Gasteiger partial charge in [0.25, 0.3) is 5.91 Å². The third-order valence-electron chi connectivity index (χ3n) is 5.84. The fourth-order valence-corrected chi connectivity index (χ4v) is 4.80. The minimum Gasteiger partial charge on any atom is -0.512 e. The number of nitrogens with zero attached hydrogens (tertiary/aromatic N) is 1. The van der Waals surface area contributed by atoms with Crippen LogP contribution in [0.4, 0.5) is 0 Å². The standard InChI is InChI=1S/C19H20N2O2/c22-16-7-3-4-11-10-15-18-13(8-9-21(15)19(23)17(11)16)12-5-1-2-6-14(12)20-18/h1-2,5-6,11,15,20,22H,3-4,7-10H2/t11?,15-/m1/s1. The molecule has 2 atom stereocenters. The Morgan fingerprint density at radius 1 is 1.22 bits per heavy atom. The predicted molar refractivity (Wildman–Crippen MR) is 88.1 cm³/mol. The zero-order valence-electron chi connectivity index (χ0n) is 13.0. The Balaban J connectivity index is 1.64. The van der Waals surface area contributed by atoms with Crippen LogP contribution in [0.15, 0.2) is 35.6 Å². The second-order valence-corrected chi connectivity index (χ2v) is 7.01. The van der Waals surface area contributed by atoms with Crippen molar-refractivity contribution in [1.82, 2.24) is 9.88 Å². The molecule has 23 heavy (non-hydrogen) atoms. The lowest BCUT2D eigenvalue weighted by Crippen LogP contribution is -2.47. The first-order valence-electron chi connectivity index (χ1n) is 8.56. The summed E-state index contributed by atoms with van der Waals surface area (Å²) in [5.74, 6) is 0.620. The van der Waals surface area contributed by atoms with Crippen molar-refractivity contribution in [2.24, 2.45) is 5.92 Å². The fourth-order valence-electron chi connectivity index (χ4n) is 4.80. The number of piperidine rings is 1. The molecule has 1 aromatic heterocycles. The molecule has 2 N–H and O–H groups in total. The monoisotopic (exact) mass is 308 g/mol. The van der Waals surface area contributed by atoms with Gasteiger partial charge < -0.3 is 15.0 Å². The number of hydrogen-bond donors (Lipinski definition) is 2. The van der Waals surface area contributed by atoms with Crippen LogP contribution >= 0.6 is 0 Å². The molecule has 3 heterocycles. The number of benzene rings is 1. The molecular weight excluding hydrogens is 288 g/mol. The Kier molecular flexibility index (Phi) is 2.67. The number of aliphatic hydroxyl groups excluding tert-OH is 1. The highest BCUT2D eigenvalue weighted by atomic mass is 16.3. The number of carbonyl (C=O) groups excluding carboxylic acids is 1. The first-order chi connectivity index (χ1) is 11.2. The molecule has 2 aliphatic heterocycles. The van der Waals surface area contributed by atoms with Gasteiger partial charge in [0, 0.05) is 29.6 Å². The molecule has 1 amide bonds. The van der Waals surface area contributed by atoms with Crippen LogP contribution in [0.5, 0.6) is 0 Å². The van der Waals surface area contributed by atoms with Crippen LogP contribution in [-0.4, -0.2) is 27.4 Å². The van der Waals surface area contributed by atoms with Crippen molar-refractivity contribution in [3.8, 4) is 0 Å². The maximum Gasteiger partial charge on any atom is 0.254 e. The largest absolute Gasteiger partial charge is 0.512 e. The minimum atomic E-state index is 0.0627. The molecule has 1 saturated heterocycles. The molecule has 2 aromatic rings. The van der Waals surface area contributed by atoms with E-state index in [2.05, 4.69) is 23.2 Å². The van der Waals surface area contributed by atoms with Crippen molar-refractivity contribution in [2.45, 2.75) is 38.1 Å². The van der Waals surface area contributed by atoms with E-state index in [4.69, 9.17) is 0 Å². The summed E-state index contributed by atoms with van der Waals surface area (Å²) in [5, 5.41) is 11.5. The van der Waals surface area contributed by atoms with Gasteiger partial charge in [-0.3, -0.25) is 4.79 Å². The Morgan fingerprint density at radius 2 is 2.09 bits per heavy atom. The van der Waals surface area contributed by atoms with Crippen LogP contribution in [0.1, 0.15) is 43.0 Å². The van der Waals surface area contributed by atoms with E-state index < -0.39 is 0 Å². The number of aromatic nitrogens is 1. The number of hydrogen-bond acceptors (Lipinski definition) is 2. The summed E-state index contributed by atoms with van der Waals surface area (Å²) in [5.41, 5.74) is 4.46. The van der Waals surface area contributed by atoms with Gasteiger partial charge in [-0.2, -0.15) is 0 Å². The lowest BCUT2D eigenvalue weighted by Gasteiger charge is -2.44. The molecular formula is C19H20N2O2. The molecule has 1 aromatic carbocycles. The molecule has 1 aliphatic carbocycles. The zero-order chi connectivity index (χ0) is 15.6. The number of aliphatic hydroxyl groups is 1. The summed E-state index contributed by atoms with van der Waals surface area (Å²) in [6.07, 6.45) is 4.49. The summed E-state index contributed by atoms with van der Waals surface area (Å²) >= 11 is 0. The number of amides is 1. The van der Waals surface area contributed by atoms with Crippen LogP contribution < -0.4 is 0 Å². The van der Waals surface area contributed by atoms with Gasteiger partial charge in [-0.25, -0.2) is 0 Å². The molecule has 4 nitrogen and oxygen atoms in total. The van der Waals surface area contributed by atoms with E-state index >= 15 is 0 Å². The van der Waals surface area contributed by atoms with E-state index in [0.717, 1.165) is 32.2 Å². The average Bonchev–Trinajstić information content (AvgIpc) is 2.94. The molecule has 5 rings (SSSR count). The van der Waals surface area contributed by atoms with Crippen LogP contribution in [0, 0.1) is 5.92 Å². The van der Waals surface area contributed by atoms with E-state index in [1.807, 2.05) is 11.0 Å². The van der Waals surface area contributed by atoms with Crippen molar-refractivity contribution in [2.75, 3.05) is 6.54 Å². The second kappa shape index (κ2) is 4.63. The van der Waals surface area contributed by atoms with Crippen molar-refractivity contribution in [1.29, 1.82) is 0 Å². The Bertz CT molecular complexity index is 848. The lowest BCUT2D eigenvalue weighted by atomic mass is 9.76. The van der Waals surface area contributed by atoms with Gasteiger partial charge in [0.05, 0.1) is 11.6 Å². The van der Waals surface area contributed by atoms with E-state index in [0.29, 0.717) is 17.8 Å². The Labute approximate surface area is 134 Å². The topological polar surface area (TPSA) is 56.3 Å². The van der Waals surface area contributed by atoms with Gasteiger partial charge in [-0.15, -0.1) is 0 Å². The second-order valence-electron chi connectivity index (χ2n) is 7.01. The van der Waals surface area contributed by atoms with Crippen molar-refractivity contribution in [3.63, 3.8) is 0 Å². The minimum absolute atomic E-state index is 0.0627. The summed E-state index contributed by atoms with van der Waals surface area (Å²) in [4.78, 5) is 18.5. The van der Waals surface area contributed by atoms with Crippen molar-refractivity contribution in [3.05, 3.63) is 46.9 Å². The first-order valence-corrected chi connectivity index (χ1v) is 8.56. The number of aromatic amines is 1. The molecule has 1 unspecified atom stereocenters. The summed E-state index contributed by atoms with van der Waals surface area (Å²) in [6, 6.07) is 8.55. The molecule has 118 valence electrons. The number of para-hydroxylation sites is 1. The molecule has 4 heteroatoms. The number of nitrogens with one attached hydrogen (secondary N) is 1. The lowest BCUT2D eigenvalue weighted by molar-refractivity contribution is -0.134. The number of allylic oxidation sites excluding steroid dienone is 1. The molecule has 0 bridgehead atoms. The number of fused-ring (bicyclic) bond motifs is 6. The molecule has 0 radical (unpaired) electrons. The van der Waals surface area contributed by atoms with Gasteiger partial charge >= 0.3 is 0 Å². The third kappa shape index (κ3) is 1.75. The quantitative estimate of drug-likeness (QED) is 0.781. The highest BCUT2D eigenvalue weighted by Gasteiger charge is 2.44. The van der Waals surface area contributed by atoms with Gasteiger partial charge in [0.15, 0.2) is 0 Å². The summed E-state index contributed by atoms with van der Waals surface area (Å²) in [6.45, 7) is 0.752. The van der Waals surface area contributed by atoms with Gasteiger partial charge in [-0.05, 0) is 43.2 Å². The van der Waals surface area contributed by atoms with E-state index in [1.165, 1.54) is 22.2 Å². The number of H-pyrrole nitrogens is 1. The van der Waals surface area contributed by atoms with E-state index in [9.17, 15) is 9.90 Å². The van der Waals surface area contributed by atoms with Gasteiger partial charge in [0.1, 0.15) is 5.76 Å². The maximum atomic E-state index is 12.9. The summed E-state index contributed by atoms with van der Waals surface area (Å²) in [7, 11) is 0.